The molecule has 0 aliphatic rings. The summed E-state index contributed by atoms with van der Waals surface area (Å²) in [6.45, 7) is 4.19. The number of para-hydroxylation sites is 1. The molecule has 0 bridgehead atoms. The third-order valence-corrected chi connectivity index (χ3v) is 2.97. The minimum atomic E-state index is 0.319. The van der Waals surface area contributed by atoms with Gasteiger partial charge < -0.3 is 10.1 Å². The molecule has 0 saturated heterocycles. The number of nitrogens with one attached hydrogen (secondary N) is 2. The molecule has 0 aliphatic heterocycles. The normalized spacial score (nSPS) is 10.5. The number of H-pyrrole nitrogens is 1. The number of hydrogen-bond donors (Lipinski definition) is 2. The average Bonchev–Trinajstić information content (AvgIpc) is 2.91. The van der Waals surface area contributed by atoms with E-state index in [9.17, 15) is 0 Å². The zero-order chi connectivity index (χ0) is 15.4. The fraction of sp³-hybridized carbons (Fsp3) is 0.188. The topological polar surface area (TPSA) is 75.7 Å². The molecule has 2 heterocycles. The highest BCUT2D eigenvalue weighted by atomic mass is 16.5. The summed E-state index contributed by atoms with van der Waals surface area (Å²) in [5.74, 6) is 2.85. The zero-order valence-electron chi connectivity index (χ0n) is 12.5. The van der Waals surface area contributed by atoms with Gasteiger partial charge in [-0.1, -0.05) is 18.2 Å². The third kappa shape index (κ3) is 3.60. The first-order chi connectivity index (χ1) is 10.7. The van der Waals surface area contributed by atoms with Crippen molar-refractivity contribution in [2.24, 2.45) is 0 Å². The summed E-state index contributed by atoms with van der Waals surface area (Å²) in [5.41, 5.74) is 1.86. The van der Waals surface area contributed by atoms with Crippen molar-refractivity contribution in [3.63, 3.8) is 0 Å². The standard InChI is InChI=1S/C16H17N5O/c1-11-8-14(18-15-9-12(2)20-21-15)19-16(17-11)10-22-13-6-4-3-5-7-13/h3-9H,10H2,1-2H3,(H2,17,18,19,20,21). The molecule has 2 aromatic heterocycles. The molecule has 0 aliphatic carbocycles. The van der Waals surface area contributed by atoms with E-state index < -0.39 is 0 Å². The highest BCUT2D eigenvalue weighted by Crippen LogP contribution is 2.15. The van der Waals surface area contributed by atoms with Crippen molar-refractivity contribution in [3.8, 4) is 5.75 Å². The first-order valence-corrected chi connectivity index (χ1v) is 7.00. The van der Waals surface area contributed by atoms with Crippen LogP contribution in [-0.2, 0) is 6.61 Å². The molecule has 112 valence electrons. The second-order valence-corrected chi connectivity index (χ2v) is 4.97. The van der Waals surface area contributed by atoms with Crippen LogP contribution < -0.4 is 10.1 Å². The van der Waals surface area contributed by atoms with E-state index in [4.69, 9.17) is 4.74 Å². The maximum Gasteiger partial charge on any atom is 0.168 e. The van der Waals surface area contributed by atoms with Crippen molar-refractivity contribution in [3.05, 3.63) is 59.7 Å². The lowest BCUT2D eigenvalue weighted by atomic mass is 10.3. The quantitative estimate of drug-likeness (QED) is 0.756. The van der Waals surface area contributed by atoms with Gasteiger partial charge >= 0.3 is 0 Å². The lowest BCUT2D eigenvalue weighted by Crippen LogP contribution is -2.05. The molecule has 0 saturated carbocycles. The van der Waals surface area contributed by atoms with Gasteiger partial charge in [-0.15, -0.1) is 0 Å². The van der Waals surface area contributed by atoms with Crippen LogP contribution in [0.1, 0.15) is 17.2 Å². The second-order valence-electron chi connectivity index (χ2n) is 4.97. The Balaban J connectivity index is 1.72. The SMILES string of the molecule is Cc1cc(Nc2cc(C)[nH]n2)nc(COc2ccccc2)n1. The third-order valence-electron chi connectivity index (χ3n) is 2.97. The summed E-state index contributed by atoms with van der Waals surface area (Å²) < 4.78 is 5.68. The number of benzene rings is 1. The largest absolute Gasteiger partial charge is 0.486 e. The van der Waals surface area contributed by atoms with Gasteiger partial charge in [0, 0.05) is 23.5 Å². The Morgan fingerprint density at radius 2 is 1.86 bits per heavy atom. The first kappa shape index (κ1) is 14.1. The number of aromatic amines is 1. The number of anilines is 2. The predicted molar refractivity (Wildman–Crippen MR) is 84.2 cm³/mol. The fourth-order valence-corrected chi connectivity index (χ4v) is 2.04. The minimum absolute atomic E-state index is 0.319. The van der Waals surface area contributed by atoms with Gasteiger partial charge in [0.15, 0.2) is 11.6 Å². The van der Waals surface area contributed by atoms with E-state index in [1.165, 1.54) is 0 Å². The van der Waals surface area contributed by atoms with Gasteiger partial charge in [0.2, 0.25) is 0 Å². The van der Waals surface area contributed by atoms with Crippen LogP contribution in [0.15, 0.2) is 42.5 Å². The molecule has 3 aromatic rings. The Bertz CT molecular complexity index is 754. The number of rotatable bonds is 5. The van der Waals surface area contributed by atoms with E-state index in [0.717, 1.165) is 23.0 Å². The van der Waals surface area contributed by atoms with Gasteiger partial charge in [0.25, 0.3) is 0 Å². The van der Waals surface area contributed by atoms with Crippen LogP contribution in [0.5, 0.6) is 5.75 Å². The second kappa shape index (κ2) is 6.26. The molecule has 3 rings (SSSR count). The Kier molecular flexibility index (Phi) is 4.00. The molecular weight excluding hydrogens is 278 g/mol. The molecule has 0 unspecified atom stereocenters. The molecule has 0 atom stereocenters. The molecule has 0 spiro atoms. The van der Waals surface area contributed by atoms with Crippen LogP contribution in [0.3, 0.4) is 0 Å². The first-order valence-electron chi connectivity index (χ1n) is 7.00. The van der Waals surface area contributed by atoms with Crippen molar-refractivity contribution in [1.82, 2.24) is 20.2 Å². The molecule has 2 N–H and O–H groups in total. The van der Waals surface area contributed by atoms with Gasteiger partial charge in [-0.2, -0.15) is 5.10 Å². The van der Waals surface area contributed by atoms with Gasteiger partial charge in [0.05, 0.1) is 0 Å². The molecule has 6 nitrogen and oxygen atoms in total. The van der Waals surface area contributed by atoms with Crippen LogP contribution in [0, 0.1) is 13.8 Å². The highest BCUT2D eigenvalue weighted by Gasteiger charge is 2.05. The summed E-state index contributed by atoms with van der Waals surface area (Å²) in [6.07, 6.45) is 0. The van der Waals surface area contributed by atoms with E-state index in [2.05, 4.69) is 25.5 Å². The van der Waals surface area contributed by atoms with Crippen molar-refractivity contribution < 1.29 is 4.74 Å². The van der Waals surface area contributed by atoms with Gasteiger partial charge in [0.1, 0.15) is 18.2 Å². The number of aryl methyl sites for hydroxylation is 2. The van der Waals surface area contributed by atoms with Crippen LogP contribution in [0.2, 0.25) is 0 Å². The van der Waals surface area contributed by atoms with Crippen molar-refractivity contribution >= 4 is 11.6 Å². The molecule has 22 heavy (non-hydrogen) atoms. The monoisotopic (exact) mass is 295 g/mol. The summed E-state index contributed by atoms with van der Waals surface area (Å²) in [5, 5.41) is 10.2. The molecule has 6 heteroatoms. The summed E-state index contributed by atoms with van der Waals surface area (Å²) in [7, 11) is 0. The zero-order valence-corrected chi connectivity index (χ0v) is 12.5. The Morgan fingerprint density at radius 3 is 2.59 bits per heavy atom. The molecule has 0 fully saturated rings. The Hall–Kier alpha value is -2.89. The van der Waals surface area contributed by atoms with Crippen molar-refractivity contribution in [2.75, 3.05) is 5.32 Å². The predicted octanol–water partition coefficient (Wildman–Crippen LogP) is 3.14. The van der Waals surface area contributed by atoms with Crippen LogP contribution in [0.25, 0.3) is 0 Å². The van der Waals surface area contributed by atoms with E-state index >= 15 is 0 Å². The van der Waals surface area contributed by atoms with Crippen LogP contribution in [-0.4, -0.2) is 20.2 Å². The van der Waals surface area contributed by atoms with Crippen molar-refractivity contribution in [1.29, 1.82) is 0 Å². The molecule has 0 radical (unpaired) electrons. The van der Waals surface area contributed by atoms with Gasteiger partial charge in [-0.3, -0.25) is 5.10 Å². The van der Waals surface area contributed by atoms with Crippen LogP contribution in [0.4, 0.5) is 11.6 Å². The maximum absolute atomic E-state index is 5.68. The van der Waals surface area contributed by atoms with Crippen LogP contribution >= 0.6 is 0 Å². The Labute approximate surface area is 128 Å². The smallest absolute Gasteiger partial charge is 0.168 e. The lowest BCUT2D eigenvalue weighted by Gasteiger charge is -2.08. The molecular formula is C16H17N5O. The highest BCUT2D eigenvalue weighted by molar-refractivity contribution is 5.51. The van der Waals surface area contributed by atoms with Gasteiger partial charge in [-0.05, 0) is 26.0 Å². The molecule has 0 amide bonds. The summed E-state index contributed by atoms with van der Waals surface area (Å²) in [6, 6.07) is 13.4. The van der Waals surface area contributed by atoms with Gasteiger partial charge in [-0.25, -0.2) is 9.97 Å². The number of ether oxygens (including phenoxy) is 1. The maximum atomic E-state index is 5.68. The number of aromatic nitrogens is 4. The average molecular weight is 295 g/mol. The van der Waals surface area contributed by atoms with E-state index in [1.54, 1.807) is 0 Å². The van der Waals surface area contributed by atoms with E-state index in [-0.39, 0.29) is 0 Å². The molecule has 1 aromatic carbocycles. The fourth-order valence-electron chi connectivity index (χ4n) is 2.04. The number of nitrogens with zero attached hydrogens (tertiary/aromatic N) is 3. The minimum Gasteiger partial charge on any atom is -0.486 e. The number of hydrogen-bond acceptors (Lipinski definition) is 5. The van der Waals surface area contributed by atoms with Crippen molar-refractivity contribution in [2.45, 2.75) is 20.5 Å². The Morgan fingerprint density at radius 1 is 1.05 bits per heavy atom. The van der Waals surface area contributed by atoms with E-state index in [1.807, 2.05) is 56.3 Å². The summed E-state index contributed by atoms with van der Waals surface area (Å²) >= 11 is 0. The van der Waals surface area contributed by atoms with E-state index in [0.29, 0.717) is 18.2 Å². The summed E-state index contributed by atoms with van der Waals surface area (Å²) in [4.78, 5) is 8.84. The lowest BCUT2D eigenvalue weighted by molar-refractivity contribution is 0.295.